The first-order valence-electron chi connectivity index (χ1n) is 3.80. The molecular formula is C7H18O2SSi. The Morgan fingerprint density at radius 2 is 1.64 bits per heavy atom. The summed E-state index contributed by atoms with van der Waals surface area (Å²) in [6, 6.07) is 0. The van der Waals surface area contributed by atoms with Crippen molar-refractivity contribution in [2.45, 2.75) is 32.1 Å². The van der Waals surface area contributed by atoms with Crippen molar-refractivity contribution in [1.29, 1.82) is 0 Å². The van der Waals surface area contributed by atoms with E-state index in [-0.39, 0.29) is 0 Å². The van der Waals surface area contributed by atoms with E-state index in [0.717, 1.165) is 0 Å². The standard InChI is InChI=1S/C7H18O2SSi/c1-7(11(3,4)5)6-10(2,8)9/h7H,6H2,1-5H3. The minimum Gasteiger partial charge on any atom is -0.229 e. The molecule has 1 unspecified atom stereocenters. The fourth-order valence-corrected chi connectivity index (χ4v) is 4.52. The van der Waals surface area contributed by atoms with Crippen molar-refractivity contribution >= 4 is 17.9 Å². The molecule has 0 aliphatic rings. The van der Waals surface area contributed by atoms with Crippen LogP contribution < -0.4 is 0 Å². The first-order chi connectivity index (χ1) is 4.63. The van der Waals surface area contributed by atoms with E-state index in [1.165, 1.54) is 6.26 Å². The molecule has 0 radical (unpaired) electrons. The fraction of sp³-hybridized carbons (Fsp3) is 1.00. The van der Waals surface area contributed by atoms with Gasteiger partial charge in [0.25, 0.3) is 0 Å². The van der Waals surface area contributed by atoms with Crippen LogP contribution in [0.25, 0.3) is 0 Å². The smallest absolute Gasteiger partial charge is 0.147 e. The Bertz CT molecular complexity index is 213. The van der Waals surface area contributed by atoms with Gasteiger partial charge in [-0.1, -0.05) is 26.6 Å². The summed E-state index contributed by atoms with van der Waals surface area (Å²) in [4.78, 5) is 0. The zero-order valence-electron chi connectivity index (χ0n) is 8.01. The van der Waals surface area contributed by atoms with Crippen LogP contribution in [0.5, 0.6) is 0 Å². The van der Waals surface area contributed by atoms with Crippen LogP contribution in [0.1, 0.15) is 6.92 Å². The van der Waals surface area contributed by atoms with Gasteiger partial charge in [-0.25, -0.2) is 8.42 Å². The van der Waals surface area contributed by atoms with Crippen molar-refractivity contribution in [2.24, 2.45) is 0 Å². The third kappa shape index (κ3) is 5.44. The summed E-state index contributed by atoms with van der Waals surface area (Å²) in [6.07, 6.45) is 1.31. The molecule has 0 N–H and O–H groups in total. The number of rotatable bonds is 3. The number of sulfone groups is 1. The van der Waals surface area contributed by atoms with Crippen LogP contribution in [-0.2, 0) is 9.84 Å². The molecule has 0 bridgehead atoms. The maximum Gasteiger partial charge on any atom is 0.147 e. The molecule has 0 saturated carbocycles. The Hall–Kier alpha value is 0.167. The number of hydrogen-bond acceptors (Lipinski definition) is 2. The van der Waals surface area contributed by atoms with Crippen LogP contribution in [0.3, 0.4) is 0 Å². The van der Waals surface area contributed by atoms with Crippen molar-refractivity contribution in [2.75, 3.05) is 12.0 Å². The molecule has 0 amide bonds. The van der Waals surface area contributed by atoms with E-state index in [1.807, 2.05) is 6.92 Å². The molecule has 2 nitrogen and oxygen atoms in total. The second kappa shape index (κ2) is 3.27. The predicted octanol–water partition coefficient (Wildman–Crippen LogP) is 1.76. The second-order valence-electron chi connectivity index (χ2n) is 4.36. The summed E-state index contributed by atoms with van der Waals surface area (Å²) in [6.45, 7) is 8.63. The largest absolute Gasteiger partial charge is 0.229 e. The Balaban J connectivity index is 4.21. The quantitative estimate of drug-likeness (QED) is 0.642. The summed E-state index contributed by atoms with van der Waals surface area (Å²) in [7, 11) is -4.02. The van der Waals surface area contributed by atoms with Crippen LogP contribution in [0.15, 0.2) is 0 Å². The zero-order chi connectivity index (χ0) is 9.28. The highest BCUT2D eigenvalue weighted by Crippen LogP contribution is 2.21. The minimum absolute atomic E-state index is 0.350. The normalized spacial score (nSPS) is 16.5. The highest BCUT2D eigenvalue weighted by molar-refractivity contribution is 7.90. The molecule has 68 valence electrons. The van der Waals surface area contributed by atoms with Crippen LogP contribution in [0, 0.1) is 0 Å². The lowest BCUT2D eigenvalue weighted by Crippen LogP contribution is -2.30. The van der Waals surface area contributed by atoms with Crippen LogP contribution in [0.2, 0.25) is 25.2 Å². The summed E-state index contributed by atoms with van der Waals surface area (Å²) < 4.78 is 21.8. The van der Waals surface area contributed by atoms with E-state index < -0.39 is 17.9 Å². The van der Waals surface area contributed by atoms with Gasteiger partial charge in [-0.15, -0.1) is 0 Å². The van der Waals surface area contributed by atoms with Crippen molar-refractivity contribution in [3.8, 4) is 0 Å². The Kier molecular flexibility index (Phi) is 3.32. The average molecular weight is 194 g/mol. The van der Waals surface area contributed by atoms with Crippen LogP contribution in [-0.4, -0.2) is 28.5 Å². The van der Waals surface area contributed by atoms with Gasteiger partial charge < -0.3 is 0 Å². The SMILES string of the molecule is CC(CS(C)(=O)=O)[Si](C)(C)C. The van der Waals surface area contributed by atoms with Crippen LogP contribution in [0.4, 0.5) is 0 Å². The lowest BCUT2D eigenvalue weighted by Gasteiger charge is -2.23. The first kappa shape index (κ1) is 11.2. The Morgan fingerprint density at radius 1 is 1.27 bits per heavy atom. The molecule has 0 saturated heterocycles. The molecular weight excluding hydrogens is 176 g/mol. The minimum atomic E-state index is -2.77. The van der Waals surface area contributed by atoms with Gasteiger partial charge in [-0.05, 0) is 5.54 Å². The molecule has 0 aromatic rings. The molecule has 0 fully saturated rings. The fourth-order valence-electron chi connectivity index (χ4n) is 0.704. The monoisotopic (exact) mass is 194 g/mol. The maximum atomic E-state index is 10.9. The molecule has 0 heterocycles. The summed E-state index contributed by atoms with van der Waals surface area (Å²) >= 11 is 0. The van der Waals surface area contributed by atoms with E-state index in [9.17, 15) is 8.42 Å². The molecule has 0 aromatic carbocycles. The molecule has 11 heavy (non-hydrogen) atoms. The third-order valence-corrected chi connectivity index (χ3v) is 6.59. The number of hydrogen-bond donors (Lipinski definition) is 0. The van der Waals surface area contributed by atoms with Crippen molar-refractivity contribution in [3.05, 3.63) is 0 Å². The summed E-state index contributed by atoms with van der Waals surface area (Å²) in [5, 5.41) is 0. The average Bonchev–Trinajstić information content (AvgIpc) is 1.56. The highest BCUT2D eigenvalue weighted by Gasteiger charge is 2.25. The van der Waals surface area contributed by atoms with Gasteiger partial charge in [0.2, 0.25) is 0 Å². The second-order valence-corrected chi connectivity index (χ2v) is 12.3. The molecule has 4 heteroatoms. The highest BCUT2D eigenvalue weighted by atomic mass is 32.2. The third-order valence-electron chi connectivity index (χ3n) is 2.03. The molecule has 0 aliphatic heterocycles. The van der Waals surface area contributed by atoms with Crippen LogP contribution >= 0.6 is 0 Å². The van der Waals surface area contributed by atoms with E-state index in [0.29, 0.717) is 11.3 Å². The first-order valence-corrected chi connectivity index (χ1v) is 9.44. The molecule has 0 aromatic heterocycles. The van der Waals surface area contributed by atoms with Gasteiger partial charge in [-0.3, -0.25) is 0 Å². The van der Waals surface area contributed by atoms with Gasteiger partial charge in [0, 0.05) is 14.3 Å². The van der Waals surface area contributed by atoms with E-state index >= 15 is 0 Å². The zero-order valence-corrected chi connectivity index (χ0v) is 9.83. The van der Waals surface area contributed by atoms with Crippen molar-refractivity contribution in [3.63, 3.8) is 0 Å². The van der Waals surface area contributed by atoms with Gasteiger partial charge in [0.05, 0.1) is 5.75 Å². The van der Waals surface area contributed by atoms with Crippen molar-refractivity contribution < 1.29 is 8.42 Å². The molecule has 1 atom stereocenters. The maximum absolute atomic E-state index is 10.9. The molecule has 0 spiro atoms. The van der Waals surface area contributed by atoms with Gasteiger partial charge in [0.15, 0.2) is 0 Å². The van der Waals surface area contributed by atoms with E-state index in [4.69, 9.17) is 0 Å². The molecule has 0 rings (SSSR count). The van der Waals surface area contributed by atoms with Gasteiger partial charge in [0.1, 0.15) is 9.84 Å². The molecule has 0 aliphatic carbocycles. The van der Waals surface area contributed by atoms with Crippen molar-refractivity contribution in [1.82, 2.24) is 0 Å². The summed E-state index contributed by atoms with van der Waals surface area (Å²) in [5.74, 6) is 0.350. The predicted molar refractivity (Wildman–Crippen MR) is 52.5 cm³/mol. The topological polar surface area (TPSA) is 34.1 Å². The summed E-state index contributed by atoms with van der Waals surface area (Å²) in [5.41, 5.74) is 0.359. The Labute approximate surface area is 70.9 Å². The van der Waals surface area contributed by atoms with E-state index in [2.05, 4.69) is 19.6 Å². The van der Waals surface area contributed by atoms with Gasteiger partial charge in [-0.2, -0.15) is 0 Å². The van der Waals surface area contributed by atoms with E-state index in [1.54, 1.807) is 0 Å². The lowest BCUT2D eigenvalue weighted by atomic mass is 10.6. The van der Waals surface area contributed by atoms with Gasteiger partial charge >= 0.3 is 0 Å². The lowest BCUT2D eigenvalue weighted by molar-refractivity contribution is 0.600. The Morgan fingerprint density at radius 3 is 1.73 bits per heavy atom.